The van der Waals surface area contributed by atoms with E-state index in [1.807, 2.05) is 20.8 Å². The van der Waals surface area contributed by atoms with Crippen LogP contribution in [-0.4, -0.2) is 22.8 Å². The van der Waals surface area contributed by atoms with Crippen molar-refractivity contribution >= 4 is 23.3 Å². The number of hydrogen-bond acceptors (Lipinski definition) is 3. The van der Waals surface area contributed by atoms with Crippen molar-refractivity contribution in [1.82, 2.24) is 0 Å². The van der Waals surface area contributed by atoms with E-state index in [2.05, 4.69) is 22.4 Å². The van der Waals surface area contributed by atoms with E-state index < -0.39 is 5.97 Å². The molecule has 0 aliphatic carbocycles. The maximum absolute atomic E-state index is 10.5. The van der Waals surface area contributed by atoms with Crippen LogP contribution in [0.4, 0.5) is 0 Å². The van der Waals surface area contributed by atoms with Crippen LogP contribution in [0.2, 0.25) is 0 Å². The van der Waals surface area contributed by atoms with E-state index >= 15 is 0 Å². The molecule has 0 bridgehead atoms. The Labute approximate surface area is 83.9 Å². The average Bonchev–Trinajstić information content (AvgIpc) is 1.95. The maximum Gasteiger partial charge on any atom is 0.303 e. The highest BCUT2D eigenvalue weighted by atomic mass is 32.1. The molecule has 0 heterocycles. The Bertz CT molecular complexity index is 222. The van der Waals surface area contributed by atoms with Gasteiger partial charge in [-0.3, -0.25) is 4.79 Å². The number of carbonyl (C=O) groups is 1. The van der Waals surface area contributed by atoms with Gasteiger partial charge in [-0.25, -0.2) is 4.99 Å². The second-order valence-corrected chi connectivity index (χ2v) is 4.28. The molecule has 13 heavy (non-hydrogen) atoms. The molecule has 0 aromatic heterocycles. The summed E-state index contributed by atoms with van der Waals surface area (Å²) in [4.78, 5) is 14.3. The Hall–Kier alpha value is -0.730. The van der Waals surface area contributed by atoms with E-state index in [0.717, 1.165) is 0 Å². The van der Waals surface area contributed by atoms with Crippen molar-refractivity contribution in [2.75, 3.05) is 6.54 Å². The second kappa shape index (κ2) is 5.10. The lowest BCUT2D eigenvalue weighted by atomic mass is 9.79. The molecule has 0 fully saturated rings. The van der Waals surface area contributed by atoms with Crippen LogP contribution in [-0.2, 0) is 4.79 Å². The lowest BCUT2D eigenvalue weighted by molar-refractivity contribution is -0.138. The average molecular weight is 201 g/mol. The van der Waals surface area contributed by atoms with Crippen molar-refractivity contribution in [2.45, 2.75) is 27.2 Å². The van der Waals surface area contributed by atoms with Crippen LogP contribution in [0.15, 0.2) is 4.99 Å². The van der Waals surface area contributed by atoms with E-state index in [4.69, 9.17) is 5.11 Å². The van der Waals surface area contributed by atoms with Gasteiger partial charge in [0, 0.05) is 0 Å². The molecule has 0 rings (SSSR count). The highest BCUT2D eigenvalue weighted by Crippen LogP contribution is 2.28. The number of hydrogen-bond donors (Lipinski definition) is 1. The van der Waals surface area contributed by atoms with Crippen molar-refractivity contribution in [3.05, 3.63) is 0 Å². The fraction of sp³-hybridized carbons (Fsp3) is 0.778. The minimum Gasteiger partial charge on any atom is -0.481 e. The molecule has 0 saturated carbocycles. The van der Waals surface area contributed by atoms with Crippen molar-refractivity contribution in [3.8, 4) is 0 Å². The van der Waals surface area contributed by atoms with Crippen molar-refractivity contribution < 1.29 is 9.90 Å². The number of carboxylic acid groups (broad SMARTS) is 1. The summed E-state index contributed by atoms with van der Waals surface area (Å²) in [5, 5.41) is 10.9. The minimum atomic E-state index is -0.792. The Morgan fingerprint density at radius 2 is 2.15 bits per heavy atom. The predicted molar refractivity (Wildman–Crippen MR) is 55.1 cm³/mol. The van der Waals surface area contributed by atoms with Gasteiger partial charge in [0.2, 0.25) is 0 Å². The molecule has 3 nitrogen and oxygen atoms in total. The summed E-state index contributed by atoms with van der Waals surface area (Å²) in [6, 6.07) is 0. The van der Waals surface area contributed by atoms with Crippen LogP contribution >= 0.6 is 12.2 Å². The van der Waals surface area contributed by atoms with Gasteiger partial charge in [-0.2, -0.15) is 0 Å². The number of rotatable bonds is 4. The van der Waals surface area contributed by atoms with E-state index in [1.54, 1.807) is 0 Å². The van der Waals surface area contributed by atoms with Gasteiger partial charge in [0.05, 0.1) is 18.1 Å². The van der Waals surface area contributed by atoms with Gasteiger partial charge in [-0.1, -0.05) is 20.8 Å². The largest absolute Gasteiger partial charge is 0.481 e. The first-order valence-corrected chi connectivity index (χ1v) is 4.54. The Balaban J connectivity index is 4.36. The van der Waals surface area contributed by atoms with Crippen LogP contribution in [0.3, 0.4) is 0 Å². The Kier molecular flexibility index (Phi) is 4.81. The summed E-state index contributed by atoms with van der Waals surface area (Å²) < 4.78 is 0. The zero-order valence-corrected chi connectivity index (χ0v) is 9.02. The third kappa shape index (κ3) is 5.50. The van der Waals surface area contributed by atoms with Crippen LogP contribution < -0.4 is 0 Å². The Morgan fingerprint density at radius 3 is 2.46 bits per heavy atom. The third-order valence-corrected chi connectivity index (χ3v) is 2.15. The van der Waals surface area contributed by atoms with Gasteiger partial charge in [0.1, 0.15) is 0 Å². The molecule has 0 saturated heterocycles. The Morgan fingerprint density at radius 1 is 1.62 bits per heavy atom. The number of nitrogens with zero attached hydrogens (tertiary/aromatic N) is 1. The molecule has 0 radical (unpaired) electrons. The molecule has 0 aromatic carbocycles. The van der Waals surface area contributed by atoms with E-state index in [-0.39, 0.29) is 17.8 Å². The molecule has 0 aliphatic rings. The second-order valence-electron chi connectivity index (χ2n) is 4.09. The van der Waals surface area contributed by atoms with E-state index in [0.29, 0.717) is 6.54 Å². The molecule has 0 aliphatic heterocycles. The van der Waals surface area contributed by atoms with Crippen LogP contribution in [0, 0.1) is 11.3 Å². The zero-order chi connectivity index (χ0) is 10.5. The first kappa shape index (κ1) is 12.3. The fourth-order valence-electron chi connectivity index (χ4n) is 1.00. The van der Waals surface area contributed by atoms with E-state index in [1.165, 1.54) is 0 Å². The number of thiocarbonyl (C=S) groups is 1. The molecule has 4 heteroatoms. The molecule has 1 atom stereocenters. The molecular formula is C9H15NO2S. The summed E-state index contributed by atoms with van der Waals surface area (Å²) in [6.07, 6.45) is 0.129. The smallest absolute Gasteiger partial charge is 0.303 e. The van der Waals surface area contributed by atoms with Crippen molar-refractivity contribution in [2.24, 2.45) is 16.3 Å². The normalized spacial score (nSPS) is 13.2. The highest BCUT2D eigenvalue weighted by Gasteiger charge is 2.26. The molecule has 0 spiro atoms. The van der Waals surface area contributed by atoms with Gasteiger partial charge >= 0.3 is 5.97 Å². The van der Waals surface area contributed by atoms with E-state index in [9.17, 15) is 4.79 Å². The molecule has 1 N–H and O–H groups in total. The summed E-state index contributed by atoms with van der Waals surface area (Å²) in [7, 11) is 0. The maximum atomic E-state index is 10.5. The number of carboxylic acids is 1. The summed E-state index contributed by atoms with van der Waals surface area (Å²) in [5.74, 6) is -0.778. The molecule has 0 amide bonds. The molecule has 0 aromatic rings. The SMILES string of the molecule is CC(C)(C)C(CN=C=S)CC(=O)O. The van der Waals surface area contributed by atoms with Gasteiger partial charge in [-0.15, -0.1) is 0 Å². The molecule has 74 valence electrons. The summed E-state index contributed by atoms with van der Waals surface area (Å²) in [6.45, 7) is 6.44. The predicted octanol–water partition coefficient (Wildman–Crippen LogP) is 2.23. The lowest BCUT2D eigenvalue weighted by Gasteiger charge is -2.27. The lowest BCUT2D eigenvalue weighted by Crippen LogP contribution is -2.25. The number of aliphatic imine (C=N–C) groups is 1. The quantitative estimate of drug-likeness (QED) is 0.560. The summed E-state index contributed by atoms with van der Waals surface area (Å²) >= 11 is 4.44. The zero-order valence-electron chi connectivity index (χ0n) is 8.20. The van der Waals surface area contributed by atoms with Gasteiger partial charge in [-0.05, 0) is 23.6 Å². The highest BCUT2D eigenvalue weighted by molar-refractivity contribution is 7.78. The standard InChI is InChI=1S/C9H15NO2S/c1-9(2,3)7(4-8(11)12)5-10-6-13/h7H,4-5H2,1-3H3,(H,11,12). The first-order chi connectivity index (χ1) is 5.88. The number of aliphatic carboxylic acids is 1. The topological polar surface area (TPSA) is 49.7 Å². The van der Waals surface area contributed by atoms with Crippen LogP contribution in [0.1, 0.15) is 27.2 Å². The number of isothiocyanates is 1. The van der Waals surface area contributed by atoms with Crippen molar-refractivity contribution in [1.29, 1.82) is 0 Å². The minimum absolute atomic E-state index is 0.0143. The molecular weight excluding hydrogens is 186 g/mol. The van der Waals surface area contributed by atoms with Crippen LogP contribution in [0.25, 0.3) is 0 Å². The van der Waals surface area contributed by atoms with Gasteiger partial charge in [0.25, 0.3) is 0 Å². The van der Waals surface area contributed by atoms with Crippen LogP contribution in [0.5, 0.6) is 0 Å². The third-order valence-electron chi connectivity index (χ3n) is 2.02. The summed E-state index contributed by atoms with van der Waals surface area (Å²) in [5.41, 5.74) is -0.0614. The fourth-order valence-corrected chi connectivity index (χ4v) is 1.08. The van der Waals surface area contributed by atoms with Crippen molar-refractivity contribution in [3.63, 3.8) is 0 Å². The first-order valence-electron chi connectivity index (χ1n) is 4.13. The van der Waals surface area contributed by atoms with Gasteiger partial charge < -0.3 is 5.11 Å². The molecule has 1 unspecified atom stereocenters. The van der Waals surface area contributed by atoms with Gasteiger partial charge in [0.15, 0.2) is 0 Å². The monoisotopic (exact) mass is 201 g/mol.